The molecule has 0 saturated carbocycles. The van der Waals surface area contributed by atoms with E-state index in [2.05, 4.69) is 60.8 Å². The first-order chi connectivity index (χ1) is 10.5. The standard InChI is InChI=1S/C15H17N.C2H2O4/c1-13(15-10-6-3-7-11-15)16-12-14-8-4-2-5-9-14;3-1(4)2(5)6/h2-11,13,16H,12H2,1H3;(H,3,4)(H,5,6)/t13-;/m1./s1. The van der Waals surface area contributed by atoms with Gasteiger partial charge in [-0.25, -0.2) is 9.59 Å². The number of nitrogens with one attached hydrogen (secondary N) is 1. The second-order valence-corrected chi connectivity index (χ2v) is 4.61. The van der Waals surface area contributed by atoms with Crippen LogP contribution in [0.2, 0.25) is 0 Å². The lowest BCUT2D eigenvalue weighted by Gasteiger charge is -2.14. The Kier molecular flexibility index (Phi) is 7.36. The maximum atomic E-state index is 9.10. The first kappa shape index (κ1) is 17.4. The fourth-order valence-corrected chi connectivity index (χ4v) is 1.73. The molecule has 0 heterocycles. The van der Waals surface area contributed by atoms with E-state index in [1.807, 2.05) is 12.1 Å². The lowest BCUT2D eigenvalue weighted by Crippen LogP contribution is -2.17. The van der Waals surface area contributed by atoms with E-state index in [1.165, 1.54) is 11.1 Å². The molecule has 0 bridgehead atoms. The van der Waals surface area contributed by atoms with Crippen LogP contribution in [0.15, 0.2) is 60.7 Å². The summed E-state index contributed by atoms with van der Waals surface area (Å²) in [5.41, 5.74) is 2.66. The highest BCUT2D eigenvalue weighted by Gasteiger charge is 2.04. The Morgan fingerprint density at radius 1 is 0.909 bits per heavy atom. The third-order valence-corrected chi connectivity index (χ3v) is 2.94. The third kappa shape index (κ3) is 6.67. The molecule has 22 heavy (non-hydrogen) atoms. The number of aliphatic carboxylic acids is 2. The van der Waals surface area contributed by atoms with Crippen LogP contribution in [0.25, 0.3) is 0 Å². The van der Waals surface area contributed by atoms with Crippen LogP contribution in [0, 0.1) is 0 Å². The van der Waals surface area contributed by atoms with Crippen LogP contribution in [0.3, 0.4) is 0 Å². The molecule has 0 saturated heterocycles. The molecule has 1 atom stereocenters. The molecule has 0 aliphatic heterocycles. The highest BCUT2D eigenvalue weighted by Crippen LogP contribution is 2.11. The van der Waals surface area contributed by atoms with Crippen LogP contribution in [0.4, 0.5) is 0 Å². The van der Waals surface area contributed by atoms with Gasteiger partial charge in [0, 0.05) is 12.6 Å². The van der Waals surface area contributed by atoms with Crippen LogP contribution in [-0.4, -0.2) is 22.2 Å². The summed E-state index contributed by atoms with van der Waals surface area (Å²) in [6.07, 6.45) is 0. The summed E-state index contributed by atoms with van der Waals surface area (Å²) in [6.45, 7) is 3.11. The molecular weight excluding hydrogens is 282 g/mol. The van der Waals surface area contributed by atoms with Crippen LogP contribution in [0.5, 0.6) is 0 Å². The van der Waals surface area contributed by atoms with E-state index in [9.17, 15) is 0 Å². The van der Waals surface area contributed by atoms with Crippen LogP contribution in [-0.2, 0) is 16.1 Å². The van der Waals surface area contributed by atoms with Crippen molar-refractivity contribution < 1.29 is 19.8 Å². The first-order valence-electron chi connectivity index (χ1n) is 6.79. The smallest absolute Gasteiger partial charge is 0.414 e. The Morgan fingerprint density at radius 3 is 1.82 bits per heavy atom. The van der Waals surface area contributed by atoms with E-state index < -0.39 is 11.9 Å². The van der Waals surface area contributed by atoms with Crippen molar-refractivity contribution in [3.05, 3.63) is 71.8 Å². The maximum Gasteiger partial charge on any atom is 0.414 e. The SMILES string of the molecule is C[C@@H](NCc1ccccc1)c1ccccc1.O=C(O)C(=O)O. The minimum Gasteiger partial charge on any atom is -0.473 e. The van der Waals surface area contributed by atoms with Crippen LogP contribution < -0.4 is 5.32 Å². The van der Waals surface area contributed by atoms with Gasteiger partial charge in [-0.05, 0) is 18.1 Å². The Bertz CT molecular complexity index is 572. The Hall–Kier alpha value is -2.66. The van der Waals surface area contributed by atoms with Crippen LogP contribution in [0.1, 0.15) is 24.1 Å². The molecule has 0 aliphatic rings. The molecule has 2 aromatic rings. The van der Waals surface area contributed by atoms with Gasteiger partial charge in [0.1, 0.15) is 0 Å². The Labute approximate surface area is 129 Å². The van der Waals surface area contributed by atoms with Gasteiger partial charge in [0.2, 0.25) is 0 Å². The zero-order chi connectivity index (χ0) is 16.4. The number of carboxylic acid groups (broad SMARTS) is 2. The second-order valence-electron chi connectivity index (χ2n) is 4.61. The van der Waals surface area contributed by atoms with Gasteiger partial charge in [-0.15, -0.1) is 0 Å². The second kappa shape index (κ2) is 9.31. The quantitative estimate of drug-likeness (QED) is 0.756. The van der Waals surface area contributed by atoms with Crippen molar-refractivity contribution in [1.82, 2.24) is 5.32 Å². The molecule has 0 amide bonds. The summed E-state index contributed by atoms with van der Waals surface area (Å²) >= 11 is 0. The topological polar surface area (TPSA) is 86.6 Å². The molecule has 0 aliphatic carbocycles. The molecule has 0 fully saturated rings. The summed E-state index contributed by atoms with van der Waals surface area (Å²) in [4.78, 5) is 18.2. The van der Waals surface area contributed by atoms with E-state index in [-0.39, 0.29) is 0 Å². The predicted octanol–water partition coefficient (Wildman–Crippen LogP) is 2.69. The lowest BCUT2D eigenvalue weighted by molar-refractivity contribution is -0.159. The minimum atomic E-state index is -1.82. The number of benzene rings is 2. The molecule has 0 radical (unpaired) electrons. The molecule has 0 aromatic heterocycles. The highest BCUT2D eigenvalue weighted by molar-refractivity contribution is 6.27. The number of carbonyl (C=O) groups is 2. The van der Waals surface area contributed by atoms with E-state index >= 15 is 0 Å². The molecule has 3 N–H and O–H groups in total. The fraction of sp³-hybridized carbons (Fsp3) is 0.176. The predicted molar refractivity (Wildman–Crippen MR) is 83.4 cm³/mol. The van der Waals surface area contributed by atoms with Gasteiger partial charge in [-0.3, -0.25) is 0 Å². The summed E-state index contributed by atoms with van der Waals surface area (Å²) in [7, 11) is 0. The molecule has 2 rings (SSSR count). The van der Waals surface area contributed by atoms with Crippen molar-refractivity contribution in [1.29, 1.82) is 0 Å². The highest BCUT2D eigenvalue weighted by atomic mass is 16.4. The van der Waals surface area contributed by atoms with E-state index in [0.29, 0.717) is 6.04 Å². The Morgan fingerprint density at radius 2 is 1.36 bits per heavy atom. The van der Waals surface area contributed by atoms with Crippen molar-refractivity contribution in [3.8, 4) is 0 Å². The van der Waals surface area contributed by atoms with Gasteiger partial charge < -0.3 is 15.5 Å². The normalized spacial score (nSPS) is 11.0. The van der Waals surface area contributed by atoms with Crippen molar-refractivity contribution in [2.45, 2.75) is 19.5 Å². The molecule has 0 spiro atoms. The zero-order valence-corrected chi connectivity index (χ0v) is 12.3. The summed E-state index contributed by atoms with van der Waals surface area (Å²) in [5.74, 6) is -3.65. The average Bonchev–Trinajstić information content (AvgIpc) is 2.55. The lowest BCUT2D eigenvalue weighted by atomic mass is 10.1. The number of rotatable bonds is 4. The largest absolute Gasteiger partial charge is 0.473 e. The van der Waals surface area contributed by atoms with Crippen molar-refractivity contribution in [2.75, 3.05) is 0 Å². The fourth-order valence-electron chi connectivity index (χ4n) is 1.73. The van der Waals surface area contributed by atoms with Gasteiger partial charge in [-0.1, -0.05) is 60.7 Å². The van der Waals surface area contributed by atoms with Gasteiger partial charge in [-0.2, -0.15) is 0 Å². The first-order valence-corrected chi connectivity index (χ1v) is 6.79. The number of hydrogen-bond acceptors (Lipinski definition) is 3. The molecule has 5 nitrogen and oxygen atoms in total. The summed E-state index contributed by atoms with van der Waals surface area (Å²) in [5, 5.41) is 18.3. The average molecular weight is 301 g/mol. The van der Waals surface area contributed by atoms with Gasteiger partial charge >= 0.3 is 11.9 Å². The molecular formula is C17H19NO4. The summed E-state index contributed by atoms with van der Waals surface area (Å²) in [6, 6.07) is 21.4. The molecule has 2 aromatic carbocycles. The van der Waals surface area contributed by atoms with E-state index in [4.69, 9.17) is 19.8 Å². The van der Waals surface area contributed by atoms with Gasteiger partial charge in [0.05, 0.1) is 0 Å². The van der Waals surface area contributed by atoms with Crippen molar-refractivity contribution >= 4 is 11.9 Å². The third-order valence-electron chi connectivity index (χ3n) is 2.94. The van der Waals surface area contributed by atoms with Gasteiger partial charge in [0.15, 0.2) is 0 Å². The molecule has 116 valence electrons. The van der Waals surface area contributed by atoms with Crippen molar-refractivity contribution in [3.63, 3.8) is 0 Å². The maximum absolute atomic E-state index is 9.10. The zero-order valence-electron chi connectivity index (χ0n) is 12.3. The number of carboxylic acids is 2. The molecule has 5 heteroatoms. The van der Waals surface area contributed by atoms with Crippen molar-refractivity contribution in [2.24, 2.45) is 0 Å². The Balaban J connectivity index is 0.000000346. The summed E-state index contributed by atoms with van der Waals surface area (Å²) < 4.78 is 0. The van der Waals surface area contributed by atoms with E-state index in [0.717, 1.165) is 6.54 Å². The van der Waals surface area contributed by atoms with Crippen LogP contribution >= 0.6 is 0 Å². The van der Waals surface area contributed by atoms with Gasteiger partial charge in [0.25, 0.3) is 0 Å². The molecule has 0 unspecified atom stereocenters. The monoisotopic (exact) mass is 301 g/mol. The van der Waals surface area contributed by atoms with E-state index in [1.54, 1.807) is 0 Å². The number of hydrogen-bond donors (Lipinski definition) is 3. The minimum absolute atomic E-state index is 0.390.